The average Bonchev–Trinajstić information content (AvgIpc) is 2.46. The highest BCUT2D eigenvalue weighted by Gasteiger charge is 2.15. The Morgan fingerprint density at radius 1 is 1.33 bits per heavy atom. The predicted molar refractivity (Wildman–Crippen MR) is 82.5 cm³/mol. The summed E-state index contributed by atoms with van der Waals surface area (Å²) in [5, 5.41) is 12.1. The molecule has 0 unspecified atom stereocenters. The highest BCUT2D eigenvalue weighted by molar-refractivity contribution is 5.34. The van der Waals surface area contributed by atoms with Crippen LogP contribution in [0.1, 0.15) is 45.6 Å². The van der Waals surface area contributed by atoms with E-state index < -0.39 is 0 Å². The van der Waals surface area contributed by atoms with Crippen molar-refractivity contribution < 1.29 is 9.13 Å². The van der Waals surface area contributed by atoms with Gasteiger partial charge in [-0.15, -0.1) is 0 Å². The molecule has 0 aliphatic rings. The Balaban J connectivity index is 2.46. The van der Waals surface area contributed by atoms with Crippen LogP contribution in [0.25, 0.3) is 0 Å². The van der Waals surface area contributed by atoms with Crippen molar-refractivity contribution in [2.75, 3.05) is 13.2 Å². The van der Waals surface area contributed by atoms with Gasteiger partial charge in [-0.25, -0.2) is 4.39 Å². The maximum Gasteiger partial charge on any atom is 0.165 e. The Morgan fingerprint density at radius 2 is 2.10 bits per heavy atom. The molecule has 0 aliphatic carbocycles. The predicted octanol–water partition coefficient (Wildman–Crippen LogP) is 4.03. The zero-order valence-electron chi connectivity index (χ0n) is 13.2. The van der Waals surface area contributed by atoms with Gasteiger partial charge in [-0.3, -0.25) is 0 Å². The van der Waals surface area contributed by atoms with Gasteiger partial charge in [0.2, 0.25) is 0 Å². The number of halogens is 1. The number of ether oxygens (including phenoxy) is 1. The topological polar surface area (TPSA) is 45.0 Å². The average molecular weight is 292 g/mol. The second kappa shape index (κ2) is 8.63. The quantitative estimate of drug-likeness (QED) is 0.699. The van der Waals surface area contributed by atoms with E-state index in [1.54, 1.807) is 6.07 Å². The standard InChI is InChI=1S/C17H25FN2O/c1-4-20-12-14-8-7-9-15(18)16(14)21-11-6-5-10-17(2,3)13-19/h7-9,20H,4-6,10-12H2,1-3H3. The molecular formula is C17H25FN2O. The largest absolute Gasteiger partial charge is 0.490 e. The summed E-state index contributed by atoms with van der Waals surface area (Å²) in [5.41, 5.74) is 0.544. The van der Waals surface area contributed by atoms with Crippen LogP contribution in [0.5, 0.6) is 5.75 Å². The third-order valence-electron chi connectivity index (χ3n) is 3.36. The molecule has 116 valence electrons. The minimum atomic E-state index is -0.317. The summed E-state index contributed by atoms with van der Waals surface area (Å²) < 4.78 is 19.5. The Morgan fingerprint density at radius 3 is 2.76 bits per heavy atom. The van der Waals surface area contributed by atoms with Crippen LogP contribution in [-0.4, -0.2) is 13.2 Å². The van der Waals surface area contributed by atoms with Gasteiger partial charge in [-0.2, -0.15) is 5.26 Å². The summed E-state index contributed by atoms with van der Waals surface area (Å²) in [6.07, 6.45) is 2.55. The molecule has 0 heterocycles. The summed E-state index contributed by atoms with van der Waals surface area (Å²) in [5.74, 6) is 0.0285. The van der Waals surface area contributed by atoms with Gasteiger partial charge < -0.3 is 10.1 Å². The summed E-state index contributed by atoms with van der Waals surface area (Å²) in [4.78, 5) is 0. The maximum atomic E-state index is 13.8. The molecule has 21 heavy (non-hydrogen) atoms. The van der Waals surface area contributed by atoms with E-state index in [1.807, 2.05) is 26.8 Å². The van der Waals surface area contributed by atoms with Crippen molar-refractivity contribution >= 4 is 0 Å². The number of para-hydroxylation sites is 1. The van der Waals surface area contributed by atoms with Gasteiger partial charge in [-0.1, -0.05) is 19.1 Å². The normalized spacial score (nSPS) is 11.2. The van der Waals surface area contributed by atoms with Gasteiger partial charge >= 0.3 is 0 Å². The fourth-order valence-electron chi connectivity index (χ4n) is 2.01. The van der Waals surface area contributed by atoms with E-state index in [-0.39, 0.29) is 11.2 Å². The molecule has 1 N–H and O–H groups in total. The van der Waals surface area contributed by atoms with Crippen molar-refractivity contribution in [3.05, 3.63) is 29.6 Å². The van der Waals surface area contributed by atoms with Crippen LogP contribution in [0.4, 0.5) is 4.39 Å². The molecule has 0 saturated carbocycles. The lowest BCUT2D eigenvalue weighted by molar-refractivity contribution is 0.279. The molecule has 1 aromatic rings. The number of benzene rings is 1. The van der Waals surface area contributed by atoms with Crippen molar-refractivity contribution in [3.8, 4) is 11.8 Å². The molecule has 1 aromatic carbocycles. The van der Waals surface area contributed by atoms with Crippen LogP contribution in [-0.2, 0) is 6.54 Å². The molecule has 0 spiro atoms. The molecule has 0 atom stereocenters. The first-order valence-electron chi connectivity index (χ1n) is 7.52. The number of nitrogens with zero attached hydrogens (tertiary/aromatic N) is 1. The summed E-state index contributed by atoms with van der Waals surface area (Å²) in [6, 6.07) is 7.28. The molecule has 0 fully saturated rings. The van der Waals surface area contributed by atoms with Crippen LogP contribution >= 0.6 is 0 Å². The molecule has 1 rings (SSSR count). The van der Waals surface area contributed by atoms with Crippen LogP contribution in [0.15, 0.2) is 18.2 Å². The minimum absolute atomic E-state index is 0.297. The van der Waals surface area contributed by atoms with Gasteiger partial charge in [-0.05, 0) is 45.7 Å². The SMILES string of the molecule is CCNCc1cccc(F)c1OCCCCC(C)(C)C#N. The molecule has 0 bridgehead atoms. The molecule has 0 radical (unpaired) electrons. The summed E-state index contributed by atoms with van der Waals surface area (Å²) >= 11 is 0. The highest BCUT2D eigenvalue weighted by atomic mass is 19.1. The van der Waals surface area contributed by atoms with Crippen molar-refractivity contribution in [1.29, 1.82) is 5.26 Å². The first-order chi connectivity index (χ1) is 10.00. The molecule has 0 aliphatic heterocycles. The van der Waals surface area contributed by atoms with Crippen molar-refractivity contribution in [1.82, 2.24) is 5.32 Å². The maximum absolute atomic E-state index is 13.8. The molecular weight excluding hydrogens is 267 g/mol. The second-order valence-corrected chi connectivity index (χ2v) is 5.81. The lowest BCUT2D eigenvalue weighted by atomic mass is 9.89. The van der Waals surface area contributed by atoms with Crippen molar-refractivity contribution in [2.45, 2.75) is 46.6 Å². The molecule has 4 heteroatoms. The molecule has 0 saturated heterocycles. The number of nitrogens with one attached hydrogen (secondary N) is 1. The molecule has 0 amide bonds. The van der Waals surface area contributed by atoms with E-state index >= 15 is 0 Å². The Kier molecular flexibility index (Phi) is 7.18. The molecule has 3 nitrogen and oxygen atoms in total. The van der Waals surface area contributed by atoms with Crippen LogP contribution < -0.4 is 10.1 Å². The zero-order chi connectivity index (χ0) is 15.7. The van der Waals surface area contributed by atoms with E-state index in [4.69, 9.17) is 10.00 Å². The lowest BCUT2D eigenvalue weighted by Crippen LogP contribution is -2.14. The number of nitriles is 1. The minimum Gasteiger partial charge on any atom is -0.490 e. The van der Waals surface area contributed by atoms with E-state index in [0.717, 1.165) is 31.4 Å². The fourth-order valence-corrected chi connectivity index (χ4v) is 2.01. The van der Waals surface area contributed by atoms with E-state index in [0.29, 0.717) is 18.9 Å². The summed E-state index contributed by atoms with van der Waals surface area (Å²) in [7, 11) is 0. The summed E-state index contributed by atoms with van der Waals surface area (Å²) in [6.45, 7) is 7.78. The van der Waals surface area contributed by atoms with Gasteiger partial charge in [0.1, 0.15) is 0 Å². The number of rotatable bonds is 9. The van der Waals surface area contributed by atoms with Gasteiger partial charge in [0, 0.05) is 12.1 Å². The fraction of sp³-hybridized carbons (Fsp3) is 0.588. The van der Waals surface area contributed by atoms with Crippen LogP contribution in [0.2, 0.25) is 0 Å². The second-order valence-electron chi connectivity index (χ2n) is 5.81. The molecule has 0 aromatic heterocycles. The van der Waals surface area contributed by atoms with Gasteiger partial charge in [0.15, 0.2) is 11.6 Å². The lowest BCUT2D eigenvalue weighted by Gasteiger charge is -2.15. The van der Waals surface area contributed by atoms with Gasteiger partial charge in [0.05, 0.1) is 18.1 Å². The third-order valence-corrected chi connectivity index (χ3v) is 3.36. The highest BCUT2D eigenvalue weighted by Crippen LogP contribution is 2.24. The Labute approximate surface area is 127 Å². The van der Waals surface area contributed by atoms with E-state index in [9.17, 15) is 4.39 Å². The first kappa shape index (κ1) is 17.5. The Bertz CT molecular complexity index is 480. The zero-order valence-corrected chi connectivity index (χ0v) is 13.2. The van der Waals surface area contributed by atoms with Crippen molar-refractivity contribution in [2.24, 2.45) is 5.41 Å². The smallest absolute Gasteiger partial charge is 0.165 e. The third kappa shape index (κ3) is 6.14. The monoisotopic (exact) mass is 292 g/mol. The number of hydrogen-bond donors (Lipinski definition) is 1. The van der Waals surface area contributed by atoms with Crippen molar-refractivity contribution in [3.63, 3.8) is 0 Å². The first-order valence-corrected chi connectivity index (χ1v) is 7.52. The van der Waals surface area contributed by atoms with Crippen LogP contribution in [0.3, 0.4) is 0 Å². The number of hydrogen-bond acceptors (Lipinski definition) is 3. The number of unbranched alkanes of at least 4 members (excludes halogenated alkanes) is 1. The Hall–Kier alpha value is -1.60. The van der Waals surface area contributed by atoms with E-state index in [1.165, 1.54) is 6.07 Å². The van der Waals surface area contributed by atoms with E-state index in [2.05, 4.69) is 11.4 Å². The van der Waals surface area contributed by atoms with Crippen LogP contribution in [0, 0.1) is 22.6 Å². The van der Waals surface area contributed by atoms with Gasteiger partial charge in [0.25, 0.3) is 0 Å².